The maximum Gasteiger partial charge on any atom is 0.192 e. The Morgan fingerprint density at radius 1 is 1.25 bits per heavy atom. The lowest BCUT2D eigenvalue weighted by atomic mass is 10.1. The van der Waals surface area contributed by atoms with Gasteiger partial charge in [0.1, 0.15) is 0 Å². The van der Waals surface area contributed by atoms with Gasteiger partial charge in [0.15, 0.2) is 11.6 Å². The van der Waals surface area contributed by atoms with Gasteiger partial charge in [0.05, 0.1) is 23.7 Å². The van der Waals surface area contributed by atoms with Crippen molar-refractivity contribution in [1.29, 1.82) is 0 Å². The average Bonchev–Trinajstić information content (AvgIpc) is 3.16. The summed E-state index contributed by atoms with van der Waals surface area (Å²) in [5.41, 5.74) is 2.28. The Labute approximate surface area is 121 Å². The molecule has 0 aromatic carbocycles. The molecule has 2 aliphatic heterocycles. The largest absolute Gasteiger partial charge is 0.440 e. The monoisotopic (exact) mass is 288 g/mol. The van der Waals surface area contributed by atoms with Gasteiger partial charge in [0.25, 0.3) is 0 Å². The zero-order valence-corrected chi connectivity index (χ0v) is 11.9. The van der Waals surface area contributed by atoms with Gasteiger partial charge in [-0.3, -0.25) is 0 Å². The first-order valence-corrected chi connectivity index (χ1v) is 7.74. The van der Waals surface area contributed by atoms with Crippen LogP contribution in [0.25, 0.3) is 11.3 Å². The summed E-state index contributed by atoms with van der Waals surface area (Å²) < 4.78 is 11.6. The second kappa shape index (κ2) is 5.00. The minimum absolute atomic E-state index is 0.778. The molecule has 4 rings (SSSR count). The molecule has 0 amide bonds. The number of fused-ring (bicyclic) bond motifs is 1. The Morgan fingerprint density at radius 2 is 2.15 bits per heavy atom. The van der Waals surface area contributed by atoms with E-state index in [0.717, 1.165) is 55.6 Å². The molecular weight excluding hydrogens is 272 g/mol. The van der Waals surface area contributed by atoms with Gasteiger partial charge < -0.3 is 19.4 Å². The normalized spacial score (nSPS) is 18.4. The molecule has 0 radical (unpaired) electrons. The van der Waals surface area contributed by atoms with Crippen molar-refractivity contribution >= 4 is 11.3 Å². The van der Waals surface area contributed by atoms with E-state index in [-0.39, 0.29) is 0 Å². The summed E-state index contributed by atoms with van der Waals surface area (Å²) in [6, 6.07) is 4.10. The van der Waals surface area contributed by atoms with E-state index in [1.54, 1.807) is 11.3 Å². The number of aromatic nitrogens is 1. The van der Waals surface area contributed by atoms with Crippen LogP contribution in [0.3, 0.4) is 0 Å². The van der Waals surface area contributed by atoms with Crippen LogP contribution in [0.15, 0.2) is 35.7 Å². The molecule has 2 aromatic heterocycles. The quantitative estimate of drug-likeness (QED) is 0.923. The number of morpholine rings is 1. The van der Waals surface area contributed by atoms with Crippen LogP contribution in [0.4, 0.5) is 0 Å². The zero-order chi connectivity index (χ0) is 13.4. The van der Waals surface area contributed by atoms with Crippen LogP contribution in [0, 0.1) is 0 Å². The highest BCUT2D eigenvalue weighted by Gasteiger charge is 2.24. The topological polar surface area (TPSA) is 37.5 Å². The molecule has 0 unspecified atom stereocenters. The molecule has 20 heavy (non-hydrogen) atoms. The molecule has 5 heteroatoms. The number of aromatic amines is 1. The van der Waals surface area contributed by atoms with Crippen molar-refractivity contribution < 1.29 is 9.47 Å². The first-order valence-electron chi connectivity index (χ1n) is 6.86. The van der Waals surface area contributed by atoms with Gasteiger partial charge in [-0.25, -0.2) is 0 Å². The standard InChI is InChI=1S/C15H16N2O2S/c1-2-12(16-5-1)11-10-20-13-3-4-14(19-15(11)13)17-6-8-18-9-7-17/h1-2,4-5,10,16H,3,6-9H2. The first kappa shape index (κ1) is 12.1. The van der Waals surface area contributed by atoms with E-state index < -0.39 is 0 Å². The first-order chi connectivity index (χ1) is 9.92. The molecular formula is C15H16N2O2S. The van der Waals surface area contributed by atoms with E-state index >= 15 is 0 Å². The summed E-state index contributed by atoms with van der Waals surface area (Å²) in [5, 5.41) is 2.17. The van der Waals surface area contributed by atoms with Gasteiger partial charge in [-0.1, -0.05) is 0 Å². The molecule has 0 saturated carbocycles. The molecule has 0 bridgehead atoms. The molecule has 1 fully saturated rings. The van der Waals surface area contributed by atoms with E-state index in [9.17, 15) is 0 Å². The summed E-state index contributed by atoms with van der Waals surface area (Å²) >= 11 is 1.77. The molecule has 4 nitrogen and oxygen atoms in total. The number of allylic oxidation sites excluding steroid dienone is 1. The van der Waals surface area contributed by atoms with Crippen LogP contribution < -0.4 is 4.74 Å². The van der Waals surface area contributed by atoms with Gasteiger partial charge in [-0.2, -0.15) is 0 Å². The Balaban J connectivity index is 1.62. The molecule has 2 aromatic rings. The Kier molecular flexibility index (Phi) is 3.01. The molecule has 0 atom stereocenters. The Bertz CT molecular complexity index is 624. The van der Waals surface area contributed by atoms with E-state index in [1.165, 1.54) is 4.88 Å². The molecule has 1 N–H and O–H groups in total. The Hall–Kier alpha value is -1.72. The van der Waals surface area contributed by atoms with Gasteiger partial charge in [-0.15, -0.1) is 11.3 Å². The van der Waals surface area contributed by atoms with E-state index in [4.69, 9.17) is 9.47 Å². The third-order valence-electron chi connectivity index (χ3n) is 3.70. The number of hydrogen-bond acceptors (Lipinski definition) is 4. The van der Waals surface area contributed by atoms with Gasteiger partial charge in [0, 0.05) is 36.8 Å². The lowest BCUT2D eigenvalue weighted by Crippen LogP contribution is -2.37. The minimum Gasteiger partial charge on any atom is -0.440 e. The molecule has 4 heterocycles. The van der Waals surface area contributed by atoms with Crippen molar-refractivity contribution in [3.63, 3.8) is 0 Å². The molecule has 1 saturated heterocycles. The maximum absolute atomic E-state index is 6.19. The van der Waals surface area contributed by atoms with Gasteiger partial charge in [0.2, 0.25) is 0 Å². The van der Waals surface area contributed by atoms with Crippen LogP contribution in [-0.2, 0) is 11.2 Å². The number of hydrogen-bond donors (Lipinski definition) is 1. The number of H-pyrrole nitrogens is 1. The predicted molar refractivity (Wildman–Crippen MR) is 78.9 cm³/mol. The summed E-state index contributed by atoms with van der Waals surface area (Å²) in [5.74, 6) is 1.99. The fraction of sp³-hybridized carbons (Fsp3) is 0.333. The third-order valence-corrected chi connectivity index (χ3v) is 4.69. The fourth-order valence-electron chi connectivity index (χ4n) is 2.63. The molecule has 104 valence electrons. The van der Waals surface area contributed by atoms with Crippen LogP contribution in [0.5, 0.6) is 5.75 Å². The van der Waals surface area contributed by atoms with E-state index in [0.29, 0.717) is 0 Å². The smallest absolute Gasteiger partial charge is 0.192 e. The van der Waals surface area contributed by atoms with Crippen molar-refractivity contribution in [2.24, 2.45) is 0 Å². The number of nitrogens with zero attached hydrogens (tertiary/aromatic N) is 1. The van der Waals surface area contributed by atoms with Crippen LogP contribution in [0.1, 0.15) is 4.88 Å². The van der Waals surface area contributed by atoms with Crippen molar-refractivity contribution in [3.05, 3.63) is 40.5 Å². The second-order valence-electron chi connectivity index (χ2n) is 4.93. The second-order valence-corrected chi connectivity index (χ2v) is 5.90. The van der Waals surface area contributed by atoms with Crippen molar-refractivity contribution in [1.82, 2.24) is 9.88 Å². The lowest BCUT2D eigenvalue weighted by molar-refractivity contribution is 0.0341. The van der Waals surface area contributed by atoms with Crippen molar-refractivity contribution in [2.45, 2.75) is 6.42 Å². The molecule has 0 spiro atoms. The number of nitrogens with one attached hydrogen (secondary N) is 1. The summed E-state index contributed by atoms with van der Waals surface area (Å²) in [7, 11) is 0. The van der Waals surface area contributed by atoms with Gasteiger partial charge in [-0.05, 0) is 18.2 Å². The Morgan fingerprint density at radius 3 is 2.95 bits per heavy atom. The van der Waals surface area contributed by atoms with E-state index in [2.05, 4.69) is 27.4 Å². The molecule has 2 aliphatic rings. The SMILES string of the molecule is C1=C(N2CCOCC2)Oc2c(-c3ccc[nH]3)csc2C1. The predicted octanol–water partition coefficient (Wildman–Crippen LogP) is 2.85. The molecule has 0 aliphatic carbocycles. The van der Waals surface area contributed by atoms with E-state index in [1.807, 2.05) is 12.3 Å². The van der Waals surface area contributed by atoms with Crippen LogP contribution >= 0.6 is 11.3 Å². The maximum atomic E-state index is 6.19. The summed E-state index contributed by atoms with van der Waals surface area (Å²) in [6.07, 6.45) is 5.08. The highest BCUT2D eigenvalue weighted by atomic mass is 32.1. The average molecular weight is 288 g/mol. The highest BCUT2D eigenvalue weighted by molar-refractivity contribution is 7.10. The lowest BCUT2D eigenvalue weighted by Gasteiger charge is -2.32. The highest BCUT2D eigenvalue weighted by Crippen LogP contribution is 2.41. The number of ether oxygens (including phenoxy) is 2. The van der Waals surface area contributed by atoms with Crippen LogP contribution in [0.2, 0.25) is 0 Å². The summed E-state index contributed by atoms with van der Waals surface area (Å²) in [4.78, 5) is 6.82. The number of rotatable bonds is 2. The van der Waals surface area contributed by atoms with Crippen molar-refractivity contribution in [2.75, 3.05) is 26.3 Å². The zero-order valence-electron chi connectivity index (χ0n) is 11.1. The number of thiophene rings is 1. The minimum atomic E-state index is 0.778. The fourth-order valence-corrected chi connectivity index (χ4v) is 3.56. The third kappa shape index (κ3) is 2.03. The van der Waals surface area contributed by atoms with Gasteiger partial charge >= 0.3 is 0 Å². The van der Waals surface area contributed by atoms with Crippen LogP contribution in [-0.4, -0.2) is 36.2 Å². The summed E-state index contributed by atoms with van der Waals surface area (Å²) in [6.45, 7) is 3.37. The van der Waals surface area contributed by atoms with Crippen molar-refractivity contribution in [3.8, 4) is 17.0 Å².